The first-order valence-electron chi connectivity index (χ1n) is 27.6. The lowest BCUT2D eigenvalue weighted by Crippen LogP contribution is -2.04. The molecule has 0 saturated carbocycles. The van der Waals surface area contributed by atoms with Crippen molar-refractivity contribution >= 4 is 87.5 Å². The van der Waals surface area contributed by atoms with Crippen LogP contribution in [0.4, 0.5) is 0 Å². The highest BCUT2D eigenvalue weighted by Gasteiger charge is 2.25. The molecular formula is C75H45N5O2. The minimum Gasteiger partial charge on any atom is -0.456 e. The molecule has 0 aliphatic rings. The maximum absolute atomic E-state index is 6.46. The molecule has 0 spiro atoms. The van der Waals surface area contributed by atoms with Gasteiger partial charge in [0.15, 0.2) is 17.5 Å². The summed E-state index contributed by atoms with van der Waals surface area (Å²) in [6.45, 7) is 0. The van der Waals surface area contributed by atoms with Gasteiger partial charge >= 0.3 is 0 Å². The van der Waals surface area contributed by atoms with Gasteiger partial charge in [0.2, 0.25) is 0 Å². The maximum atomic E-state index is 6.46. The quantitative estimate of drug-likeness (QED) is 0.152. The SMILES string of the molecule is c1ccc(-c2ccc3c4cc(-n5c6ccccc6c6ccccc65)ccc4n(-c4c(-c5ccccc5)cc(-c5nc(-c6ccc7c(c6)oc6ccccc67)nc(-c6ccc7c(c6)oc6ccccc67)n5)cc4-c4ccccc4)c3c2)cc1. The molecule has 0 aliphatic carbocycles. The number of fused-ring (bicyclic) bond motifs is 12. The lowest BCUT2D eigenvalue weighted by Gasteiger charge is -2.21. The Morgan fingerprint density at radius 2 is 0.646 bits per heavy atom. The summed E-state index contributed by atoms with van der Waals surface area (Å²) in [5, 5.41) is 8.93. The molecule has 0 unspecified atom stereocenters. The maximum Gasteiger partial charge on any atom is 0.164 e. The van der Waals surface area contributed by atoms with Crippen molar-refractivity contribution in [2.45, 2.75) is 0 Å². The van der Waals surface area contributed by atoms with Gasteiger partial charge < -0.3 is 18.0 Å². The second-order valence-corrected chi connectivity index (χ2v) is 21.1. The van der Waals surface area contributed by atoms with E-state index in [1.165, 1.54) is 21.8 Å². The van der Waals surface area contributed by atoms with Crippen molar-refractivity contribution in [3.8, 4) is 78.9 Å². The van der Waals surface area contributed by atoms with Gasteiger partial charge in [-0.25, -0.2) is 15.0 Å². The first kappa shape index (κ1) is 45.8. The highest BCUT2D eigenvalue weighted by molar-refractivity contribution is 6.14. The number of hydrogen-bond donors (Lipinski definition) is 0. The molecule has 7 nitrogen and oxygen atoms in total. The van der Waals surface area contributed by atoms with Crippen LogP contribution in [0.2, 0.25) is 0 Å². The number of furan rings is 2. The highest BCUT2D eigenvalue weighted by Crippen LogP contribution is 2.46. The fourth-order valence-corrected chi connectivity index (χ4v) is 12.6. The van der Waals surface area contributed by atoms with E-state index >= 15 is 0 Å². The molecule has 12 aromatic carbocycles. The Morgan fingerprint density at radius 1 is 0.232 bits per heavy atom. The number of para-hydroxylation sites is 4. The molecule has 5 heterocycles. The Bertz CT molecular complexity index is 5160. The van der Waals surface area contributed by atoms with Crippen LogP contribution >= 0.6 is 0 Å². The van der Waals surface area contributed by atoms with E-state index in [1.54, 1.807) is 0 Å². The Kier molecular flexibility index (Phi) is 10.2. The molecule has 0 fully saturated rings. The fourth-order valence-electron chi connectivity index (χ4n) is 12.6. The molecular weight excluding hydrogens is 1000 g/mol. The van der Waals surface area contributed by atoms with E-state index in [-0.39, 0.29) is 0 Å². The van der Waals surface area contributed by atoms with Gasteiger partial charge in [-0.3, -0.25) is 0 Å². The first-order chi connectivity index (χ1) is 40.6. The summed E-state index contributed by atoms with van der Waals surface area (Å²) in [4.78, 5) is 16.2. The van der Waals surface area contributed by atoms with Crippen molar-refractivity contribution in [3.05, 3.63) is 273 Å². The molecule has 5 aromatic heterocycles. The van der Waals surface area contributed by atoms with Crippen molar-refractivity contribution < 1.29 is 8.83 Å². The summed E-state index contributed by atoms with van der Waals surface area (Å²) < 4.78 is 17.8. The van der Waals surface area contributed by atoms with Crippen molar-refractivity contribution in [3.63, 3.8) is 0 Å². The fraction of sp³-hybridized carbons (Fsp3) is 0. The minimum atomic E-state index is 0.522. The zero-order chi connectivity index (χ0) is 53.8. The van der Waals surface area contributed by atoms with E-state index < -0.39 is 0 Å². The number of aromatic nitrogens is 5. The van der Waals surface area contributed by atoms with Crippen molar-refractivity contribution in [2.75, 3.05) is 0 Å². The van der Waals surface area contributed by atoms with Crippen LogP contribution in [0.1, 0.15) is 0 Å². The Labute approximate surface area is 469 Å². The number of hydrogen-bond acceptors (Lipinski definition) is 5. The third kappa shape index (κ3) is 7.27. The van der Waals surface area contributed by atoms with Crippen LogP contribution in [-0.2, 0) is 0 Å². The normalized spacial score (nSPS) is 11.9. The molecule has 0 amide bonds. The summed E-state index contributed by atoms with van der Waals surface area (Å²) in [6.07, 6.45) is 0. The molecule has 17 rings (SSSR count). The summed E-state index contributed by atoms with van der Waals surface area (Å²) >= 11 is 0. The van der Waals surface area contributed by atoms with Crippen LogP contribution in [0, 0.1) is 0 Å². The van der Waals surface area contributed by atoms with E-state index in [0.717, 1.165) is 127 Å². The zero-order valence-corrected chi connectivity index (χ0v) is 44.0. The number of rotatable bonds is 8. The predicted octanol–water partition coefficient (Wildman–Crippen LogP) is 19.9. The van der Waals surface area contributed by atoms with E-state index in [0.29, 0.717) is 17.5 Å². The minimum absolute atomic E-state index is 0.522. The van der Waals surface area contributed by atoms with Gasteiger partial charge in [0.25, 0.3) is 0 Å². The van der Waals surface area contributed by atoms with Gasteiger partial charge in [0, 0.05) is 76.6 Å². The van der Waals surface area contributed by atoms with Gasteiger partial charge in [-0.05, 0) is 107 Å². The third-order valence-corrected chi connectivity index (χ3v) is 16.4. The van der Waals surface area contributed by atoms with Crippen LogP contribution in [-0.4, -0.2) is 24.1 Å². The van der Waals surface area contributed by atoms with Crippen LogP contribution < -0.4 is 0 Å². The summed E-state index contributed by atoms with van der Waals surface area (Å²) in [7, 11) is 0. The Morgan fingerprint density at radius 3 is 1.20 bits per heavy atom. The molecule has 0 atom stereocenters. The molecule has 17 aromatic rings. The van der Waals surface area contributed by atoms with Gasteiger partial charge in [0.05, 0.1) is 27.8 Å². The molecule has 0 N–H and O–H groups in total. The van der Waals surface area contributed by atoms with Gasteiger partial charge in [0.1, 0.15) is 22.3 Å². The standard InChI is InChI=1S/C75H45N5O2/c1-4-18-46(19-5-1)49-32-36-56-63-45-53(79-64-28-14-10-24-54(64)55-25-11-15-29-65(55)79)35-39-66(63)80(67(56)42-49)72-61(47-20-6-2-7-21-47)40-52(41-62(72)48-22-8-3-9-23-48)75-77-73(50-33-37-59-57-26-12-16-30-68(57)81-70(59)43-50)76-74(78-75)51-34-38-60-58-27-13-17-31-69(58)82-71(60)44-51/h1-45H. The van der Waals surface area contributed by atoms with Crippen LogP contribution in [0.15, 0.2) is 282 Å². The average molecular weight is 1050 g/mol. The van der Waals surface area contributed by atoms with E-state index in [1.807, 2.05) is 48.5 Å². The molecule has 7 heteroatoms. The lowest BCUT2D eigenvalue weighted by atomic mass is 9.92. The second-order valence-electron chi connectivity index (χ2n) is 21.1. The smallest absolute Gasteiger partial charge is 0.164 e. The predicted molar refractivity (Wildman–Crippen MR) is 336 cm³/mol. The van der Waals surface area contributed by atoms with Gasteiger partial charge in [-0.15, -0.1) is 0 Å². The number of benzene rings is 12. The molecule has 82 heavy (non-hydrogen) atoms. The van der Waals surface area contributed by atoms with Crippen LogP contribution in [0.5, 0.6) is 0 Å². The van der Waals surface area contributed by atoms with Crippen molar-refractivity contribution in [1.82, 2.24) is 24.1 Å². The summed E-state index contributed by atoms with van der Waals surface area (Å²) in [6, 6.07) is 96.8. The number of nitrogens with zero attached hydrogens (tertiary/aromatic N) is 5. The second kappa shape index (κ2) is 18.2. The van der Waals surface area contributed by atoms with Crippen molar-refractivity contribution in [2.24, 2.45) is 0 Å². The summed E-state index contributed by atoms with van der Waals surface area (Å²) in [5.74, 6) is 1.57. The highest BCUT2D eigenvalue weighted by atomic mass is 16.3. The molecule has 0 aliphatic heterocycles. The summed E-state index contributed by atoms with van der Waals surface area (Å²) in [5.41, 5.74) is 18.7. The molecule has 0 saturated heterocycles. The first-order valence-corrected chi connectivity index (χ1v) is 27.6. The van der Waals surface area contributed by atoms with E-state index in [2.05, 4.69) is 234 Å². The largest absolute Gasteiger partial charge is 0.456 e. The monoisotopic (exact) mass is 1050 g/mol. The molecule has 382 valence electrons. The lowest BCUT2D eigenvalue weighted by molar-refractivity contribution is 0.668. The zero-order valence-electron chi connectivity index (χ0n) is 44.0. The van der Waals surface area contributed by atoms with E-state index in [9.17, 15) is 0 Å². The van der Waals surface area contributed by atoms with Gasteiger partial charge in [-0.1, -0.05) is 188 Å². The topological polar surface area (TPSA) is 74.8 Å². The van der Waals surface area contributed by atoms with Crippen LogP contribution in [0.25, 0.3) is 166 Å². The van der Waals surface area contributed by atoms with Crippen molar-refractivity contribution in [1.29, 1.82) is 0 Å². The van der Waals surface area contributed by atoms with E-state index in [4.69, 9.17) is 23.8 Å². The Hall–Kier alpha value is -11.2. The average Bonchev–Trinajstić information content (AvgIpc) is 3.70. The van der Waals surface area contributed by atoms with Crippen LogP contribution in [0.3, 0.4) is 0 Å². The molecule has 0 bridgehead atoms. The Balaban J connectivity index is 0.945. The molecule has 0 radical (unpaired) electrons. The van der Waals surface area contributed by atoms with Gasteiger partial charge in [-0.2, -0.15) is 0 Å². The third-order valence-electron chi connectivity index (χ3n) is 16.4.